The average molecular weight is 293 g/mol. The van der Waals surface area contributed by atoms with Crippen LogP contribution in [0.2, 0.25) is 0 Å². The number of ether oxygens (including phenoxy) is 1. The second-order valence-corrected chi connectivity index (χ2v) is 5.25. The van der Waals surface area contributed by atoms with Crippen LogP contribution in [-0.2, 0) is 11.3 Å². The van der Waals surface area contributed by atoms with Gasteiger partial charge in [0.15, 0.2) is 0 Å². The van der Waals surface area contributed by atoms with Crippen molar-refractivity contribution in [2.24, 2.45) is 5.73 Å². The van der Waals surface area contributed by atoms with Crippen molar-refractivity contribution in [2.75, 3.05) is 26.2 Å². The zero-order valence-electron chi connectivity index (χ0n) is 13.3. The topological polar surface area (TPSA) is 67.6 Å². The molecule has 0 heterocycles. The van der Waals surface area contributed by atoms with Crippen LogP contribution < -0.4 is 15.8 Å². The zero-order chi connectivity index (χ0) is 15.7. The fraction of sp³-hybridized carbons (Fsp3) is 0.562. The summed E-state index contributed by atoms with van der Waals surface area (Å²) in [5.41, 5.74) is 6.68. The summed E-state index contributed by atoms with van der Waals surface area (Å²) in [6.07, 6.45) is 0. The summed E-state index contributed by atoms with van der Waals surface area (Å²) in [7, 11) is 0. The lowest BCUT2D eigenvalue weighted by molar-refractivity contribution is -0.122. The van der Waals surface area contributed by atoms with Crippen LogP contribution in [0.3, 0.4) is 0 Å². The van der Waals surface area contributed by atoms with Crippen LogP contribution in [0, 0.1) is 0 Å². The minimum Gasteiger partial charge on any atom is -0.492 e. The van der Waals surface area contributed by atoms with E-state index in [1.165, 1.54) is 0 Å². The van der Waals surface area contributed by atoms with Gasteiger partial charge in [0.05, 0.1) is 6.54 Å². The lowest BCUT2D eigenvalue weighted by Crippen LogP contribution is -2.41. The van der Waals surface area contributed by atoms with Crippen LogP contribution in [0.1, 0.15) is 26.3 Å². The Morgan fingerprint density at radius 3 is 2.71 bits per heavy atom. The maximum absolute atomic E-state index is 11.7. The number of carbonyl (C=O) groups excluding carboxylic acids is 1. The fourth-order valence-corrected chi connectivity index (χ4v) is 2.02. The third-order valence-electron chi connectivity index (χ3n) is 3.12. The Labute approximate surface area is 127 Å². The van der Waals surface area contributed by atoms with Gasteiger partial charge in [-0.2, -0.15) is 0 Å². The molecule has 21 heavy (non-hydrogen) atoms. The molecule has 0 bridgehead atoms. The molecule has 0 aliphatic carbocycles. The maximum atomic E-state index is 11.7. The molecular formula is C16H27N3O2. The van der Waals surface area contributed by atoms with Crippen molar-refractivity contribution in [2.45, 2.75) is 33.4 Å². The highest BCUT2D eigenvalue weighted by Crippen LogP contribution is 2.16. The minimum atomic E-state index is 0.0502. The van der Waals surface area contributed by atoms with Gasteiger partial charge in [-0.1, -0.05) is 25.1 Å². The fourth-order valence-electron chi connectivity index (χ4n) is 2.02. The molecule has 0 aromatic heterocycles. The molecule has 1 aromatic rings. The molecule has 0 aliphatic rings. The predicted octanol–water partition coefficient (Wildman–Crippen LogP) is 1.37. The number of nitrogens with one attached hydrogen (secondary N) is 1. The van der Waals surface area contributed by atoms with Crippen LogP contribution in [0.15, 0.2) is 24.3 Å². The van der Waals surface area contributed by atoms with E-state index in [9.17, 15) is 4.79 Å². The van der Waals surface area contributed by atoms with E-state index in [0.717, 1.165) is 17.9 Å². The molecular weight excluding hydrogens is 266 g/mol. The summed E-state index contributed by atoms with van der Waals surface area (Å²) in [5, 5.41) is 2.90. The first-order valence-corrected chi connectivity index (χ1v) is 7.49. The van der Waals surface area contributed by atoms with Gasteiger partial charge in [0, 0.05) is 24.7 Å². The summed E-state index contributed by atoms with van der Waals surface area (Å²) in [4.78, 5) is 13.8. The van der Waals surface area contributed by atoms with Crippen LogP contribution >= 0.6 is 0 Å². The Bertz CT molecular complexity index is 435. The summed E-state index contributed by atoms with van der Waals surface area (Å²) in [6, 6.07) is 7.93. The summed E-state index contributed by atoms with van der Waals surface area (Å²) in [6.45, 7) is 8.88. The highest BCUT2D eigenvalue weighted by atomic mass is 16.5. The van der Waals surface area contributed by atoms with Crippen molar-refractivity contribution in [1.82, 2.24) is 10.2 Å². The molecule has 0 saturated carbocycles. The molecule has 5 heteroatoms. The normalized spacial score (nSPS) is 11.0. The molecule has 3 N–H and O–H groups in total. The van der Waals surface area contributed by atoms with Gasteiger partial charge >= 0.3 is 0 Å². The maximum Gasteiger partial charge on any atom is 0.234 e. The van der Waals surface area contributed by atoms with Gasteiger partial charge in [-0.3, -0.25) is 9.69 Å². The molecule has 5 nitrogen and oxygen atoms in total. The number of para-hydroxylation sites is 1. The van der Waals surface area contributed by atoms with Gasteiger partial charge in [-0.15, -0.1) is 0 Å². The van der Waals surface area contributed by atoms with E-state index in [2.05, 4.69) is 10.2 Å². The molecule has 1 aromatic carbocycles. The van der Waals surface area contributed by atoms with E-state index in [-0.39, 0.29) is 11.9 Å². The van der Waals surface area contributed by atoms with Crippen LogP contribution in [-0.4, -0.2) is 43.1 Å². The SMILES string of the molecule is CCN(CCOc1ccccc1CN)CC(=O)NC(C)C. The lowest BCUT2D eigenvalue weighted by atomic mass is 10.2. The molecule has 1 rings (SSSR count). The smallest absolute Gasteiger partial charge is 0.234 e. The largest absolute Gasteiger partial charge is 0.492 e. The van der Waals surface area contributed by atoms with Crippen molar-refractivity contribution >= 4 is 5.91 Å². The first-order valence-electron chi connectivity index (χ1n) is 7.49. The minimum absolute atomic E-state index is 0.0502. The number of nitrogens with two attached hydrogens (primary N) is 1. The van der Waals surface area contributed by atoms with Crippen molar-refractivity contribution in [3.63, 3.8) is 0 Å². The number of nitrogens with zero attached hydrogens (tertiary/aromatic N) is 1. The number of hydrogen-bond acceptors (Lipinski definition) is 4. The second-order valence-electron chi connectivity index (χ2n) is 5.25. The van der Waals surface area contributed by atoms with E-state index >= 15 is 0 Å². The standard InChI is InChI=1S/C16H27N3O2/c1-4-19(12-16(20)18-13(2)3)9-10-21-15-8-6-5-7-14(15)11-17/h5-8,13H,4,9-12,17H2,1-3H3,(H,18,20). The number of carbonyl (C=O) groups is 1. The summed E-state index contributed by atoms with van der Waals surface area (Å²) in [5.74, 6) is 0.872. The molecule has 0 fully saturated rings. The number of hydrogen-bond donors (Lipinski definition) is 2. The second kappa shape index (κ2) is 9.37. The number of likely N-dealkylation sites (N-methyl/N-ethyl adjacent to an activating group) is 1. The quantitative estimate of drug-likeness (QED) is 0.721. The molecule has 0 radical (unpaired) electrons. The Hall–Kier alpha value is -1.59. The van der Waals surface area contributed by atoms with Gasteiger partial charge in [0.25, 0.3) is 0 Å². The zero-order valence-corrected chi connectivity index (χ0v) is 13.3. The van der Waals surface area contributed by atoms with E-state index in [0.29, 0.717) is 26.2 Å². The Balaban J connectivity index is 2.40. The molecule has 0 spiro atoms. The molecule has 0 atom stereocenters. The first kappa shape index (κ1) is 17.5. The molecule has 0 saturated heterocycles. The molecule has 118 valence electrons. The number of rotatable bonds is 9. The van der Waals surface area contributed by atoms with Crippen molar-refractivity contribution in [3.8, 4) is 5.75 Å². The Morgan fingerprint density at radius 2 is 2.10 bits per heavy atom. The Morgan fingerprint density at radius 1 is 1.38 bits per heavy atom. The predicted molar refractivity (Wildman–Crippen MR) is 85.2 cm³/mol. The number of amides is 1. The summed E-state index contributed by atoms with van der Waals surface area (Å²) >= 11 is 0. The van der Waals surface area contributed by atoms with Crippen LogP contribution in [0.4, 0.5) is 0 Å². The van der Waals surface area contributed by atoms with Crippen molar-refractivity contribution in [1.29, 1.82) is 0 Å². The average Bonchev–Trinajstić information content (AvgIpc) is 2.45. The lowest BCUT2D eigenvalue weighted by Gasteiger charge is -2.21. The van der Waals surface area contributed by atoms with Crippen molar-refractivity contribution < 1.29 is 9.53 Å². The highest BCUT2D eigenvalue weighted by Gasteiger charge is 2.10. The van der Waals surface area contributed by atoms with Gasteiger partial charge in [-0.25, -0.2) is 0 Å². The van der Waals surface area contributed by atoms with Crippen LogP contribution in [0.25, 0.3) is 0 Å². The van der Waals surface area contributed by atoms with E-state index in [1.54, 1.807) is 0 Å². The molecule has 0 aliphatic heterocycles. The first-order chi connectivity index (χ1) is 10.1. The van der Waals surface area contributed by atoms with E-state index in [1.807, 2.05) is 45.0 Å². The number of benzene rings is 1. The van der Waals surface area contributed by atoms with Crippen LogP contribution in [0.5, 0.6) is 5.75 Å². The Kier molecular flexibility index (Phi) is 7.79. The van der Waals surface area contributed by atoms with Gasteiger partial charge < -0.3 is 15.8 Å². The van der Waals surface area contributed by atoms with Gasteiger partial charge in [0.2, 0.25) is 5.91 Å². The van der Waals surface area contributed by atoms with Gasteiger partial charge in [0.1, 0.15) is 12.4 Å². The summed E-state index contributed by atoms with van der Waals surface area (Å²) < 4.78 is 5.77. The highest BCUT2D eigenvalue weighted by molar-refractivity contribution is 5.78. The van der Waals surface area contributed by atoms with E-state index in [4.69, 9.17) is 10.5 Å². The van der Waals surface area contributed by atoms with Crippen molar-refractivity contribution in [3.05, 3.63) is 29.8 Å². The van der Waals surface area contributed by atoms with Gasteiger partial charge in [-0.05, 0) is 26.5 Å². The van der Waals surface area contributed by atoms with E-state index < -0.39 is 0 Å². The monoisotopic (exact) mass is 293 g/mol. The third kappa shape index (κ3) is 6.60. The molecule has 0 unspecified atom stereocenters. The molecule has 1 amide bonds. The third-order valence-corrected chi connectivity index (χ3v) is 3.12.